The second-order valence-electron chi connectivity index (χ2n) is 8.79. The van der Waals surface area contributed by atoms with Gasteiger partial charge in [0.15, 0.2) is 0 Å². The van der Waals surface area contributed by atoms with Crippen molar-refractivity contribution in [1.82, 2.24) is 9.80 Å². The summed E-state index contributed by atoms with van der Waals surface area (Å²) in [4.78, 5) is 16.9. The molecule has 1 saturated heterocycles. The van der Waals surface area contributed by atoms with Crippen LogP contribution in [0.25, 0.3) is 0 Å². The lowest BCUT2D eigenvalue weighted by Gasteiger charge is -2.36. The molecule has 4 rings (SSSR count). The maximum atomic E-state index is 12.7. The molecule has 2 amide bonds. The fourth-order valence-corrected chi connectivity index (χ4v) is 4.22. The maximum Gasteiger partial charge on any atom is 0.321 e. The van der Waals surface area contributed by atoms with Gasteiger partial charge in [-0.25, -0.2) is 4.79 Å². The average Bonchev–Trinajstić information content (AvgIpc) is 2.89. The van der Waals surface area contributed by atoms with Gasteiger partial charge in [0.25, 0.3) is 0 Å². The van der Waals surface area contributed by atoms with Crippen LogP contribution in [0.2, 0.25) is 5.02 Å². The van der Waals surface area contributed by atoms with Crippen molar-refractivity contribution in [2.45, 2.75) is 19.6 Å². The molecular formula is C28H32ClN3O3. The van der Waals surface area contributed by atoms with E-state index in [-0.39, 0.29) is 12.1 Å². The number of halogens is 1. The Kier molecular flexibility index (Phi) is 8.64. The SMILES string of the molecule is COc1cccc(CO[C@H](CN2CCN(C(=O)Nc3ccc(C)cc3)CC2)c2ccc(Cl)cc2)c1. The lowest BCUT2D eigenvalue weighted by Crippen LogP contribution is -2.50. The molecule has 6 nitrogen and oxygen atoms in total. The fraction of sp³-hybridized carbons (Fsp3) is 0.321. The van der Waals surface area contributed by atoms with Crippen molar-refractivity contribution in [1.29, 1.82) is 0 Å². The highest BCUT2D eigenvalue weighted by Gasteiger charge is 2.24. The largest absolute Gasteiger partial charge is 0.497 e. The minimum atomic E-state index is -0.119. The third kappa shape index (κ3) is 7.21. The van der Waals surface area contributed by atoms with Crippen molar-refractivity contribution in [3.8, 4) is 5.75 Å². The first kappa shape index (κ1) is 25.0. The number of benzene rings is 3. The Morgan fingerprint density at radius 3 is 2.40 bits per heavy atom. The zero-order chi connectivity index (χ0) is 24.6. The lowest BCUT2D eigenvalue weighted by atomic mass is 10.1. The van der Waals surface area contributed by atoms with Gasteiger partial charge in [-0.1, -0.05) is 53.6 Å². The van der Waals surface area contributed by atoms with E-state index in [0.717, 1.165) is 42.2 Å². The van der Waals surface area contributed by atoms with Gasteiger partial charge in [-0.2, -0.15) is 0 Å². The minimum absolute atomic E-state index is 0.0583. The van der Waals surface area contributed by atoms with Crippen LogP contribution in [0.1, 0.15) is 22.8 Å². The van der Waals surface area contributed by atoms with Crippen molar-refractivity contribution >= 4 is 23.3 Å². The second kappa shape index (κ2) is 12.1. The Bertz CT molecular complexity index is 1100. The van der Waals surface area contributed by atoms with E-state index in [0.29, 0.717) is 24.7 Å². The number of nitrogens with one attached hydrogen (secondary N) is 1. The minimum Gasteiger partial charge on any atom is -0.497 e. The van der Waals surface area contributed by atoms with Gasteiger partial charge >= 0.3 is 6.03 Å². The van der Waals surface area contributed by atoms with E-state index < -0.39 is 0 Å². The number of amides is 2. The van der Waals surface area contributed by atoms with Crippen molar-refractivity contribution in [3.63, 3.8) is 0 Å². The number of urea groups is 1. The molecule has 1 fully saturated rings. The fourth-order valence-electron chi connectivity index (χ4n) is 4.10. The number of piperazine rings is 1. The smallest absolute Gasteiger partial charge is 0.321 e. The van der Waals surface area contributed by atoms with Crippen LogP contribution in [0.4, 0.5) is 10.5 Å². The molecule has 1 N–H and O–H groups in total. The Hall–Kier alpha value is -3.06. The van der Waals surface area contributed by atoms with Crippen LogP contribution in [0, 0.1) is 6.92 Å². The summed E-state index contributed by atoms with van der Waals surface area (Å²) in [7, 11) is 1.66. The number of methoxy groups -OCH3 is 1. The van der Waals surface area contributed by atoms with E-state index in [1.807, 2.05) is 84.6 Å². The van der Waals surface area contributed by atoms with Crippen LogP contribution in [-0.4, -0.2) is 55.7 Å². The van der Waals surface area contributed by atoms with Gasteiger partial charge in [0.1, 0.15) is 5.75 Å². The second-order valence-corrected chi connectivity index (χ2v) is 9.22. The van der Waals surface area contributed by atoms with Crippen molar-refractivity contribution in [3.05, 3.63) is 94.5 Å². The number of rotatable bonds is 8. The number of hydrogen-bond acceptors (Lipinski definition) is 4. The van der Waals surface area contributed by atoms with E-state index in [1.165, 1.54) is 5.56 Å². The molecule has 0 aliphatic carbocycles. The molecule has 0 unspecified atom stereocenters. The molecule has 1 atom stereocenters. The van der Waals surface area contributed by atoms with Crippen molar-refractivity contribution < 1.29 is 14.3 Å². The Morgan fingerprint density at radius 2 is 1.71 bits per heavy atom. The van der Waals surface area contributed by atoms with Gasteiger partial charge in [-0.15, -0.1) is 0 Å². The molecule has 0 spiro atoms. The predicted molar refractivity (Wildman–Crippen MR) is 140 cm³/mol. The molecule has 35 heavy (non-hydrogen) atoms. The molecule has 7 heteroatoms. The van der Waals surface area contributed by atoms with Gasteiger partial charge in [-0.3, -0.25) is 4.90 Å². The van der Waals surface area contributed by atoms with E-state index in [4.69, 9.17) is 21.1 Å². The van der Waals surface area contributed by atoms with E-state index in [2.05, 4.69) is 10.2 Å². The molecular weight excluding hydrogens is 462 g/mol. The highest BCUT2D eigenvalue weighted by Crippen LogP contribution is 2.24. The molecule has 1 heterocycles. The average molecular weight is 494 g/mol. The Morgan fingerprint density at radius 1 is 1.00 bits per heavy atom. The first-order chi connectivity index (χ1) is 17.0. The first-order valence-corrected chi connectivity index (χ1v) is 12.2. The monoisotopic (exact) mass is 493 g/mol. The van der Waals surface area contributed by atoms with Crippen LogP contribution < -0.4 is 10.1 Å². The normalized spacial score (nSPS) is 15.0. The third-order valence-corrected chi connectivity index (χ3v) is 6.47. The molecule has 184 valence electrons. The Balaban J connectivity index is 1.35. The zero-order valence-corrected chi connectivity index (χ0v) is 21.0. The van der Waals surface area contributed by atoms with Crippen molar-refractivity contribution in [2.75, 3.05) is 45.2 Å². The molecule has 0 bridgehead atoms. The van der Waals surface area contributed by atoms with Crippen LogP contribution in [0.15, 0.2) is 72.8 Å². The summed E-state index contributed by atoms with van der Waals surface area (Å²) in [6.07, 6.45) is -0.119. The highest BCUT2D eigenvalue weighted by molar-refractivity contribution is 6.30. The molecule has 0 saturated carbocycles. The number of anilines is 1. The van der Waals surface area contributed by atoms with Crippen LogP contribution >= 0.6 is 11.6 Å². The number of carbonyl (C=O) groups is 1. The molecule has 1 aliphatic rings. The quantitative estimate of drug-likeness (QED) is 0.433. The Labute approximate surface area is 212 Å². The predicted octanol–water partition coefficient (Wildman–Crippen LogP) is 5.76. The van der Waals surface area contributed by atoms with Gasteiger partial charge in [-0.05, 0) is 54.4 Å². The number of ether oxygens (including phenoxy) is 2. The van der Waals surface area contributed by atoms with Gasteiger partial charge in [0, 0.05) is 43.4 Å². The number of hydrogen-bond donors (Lipinski definition) is 1. The van der Waals surface area contributed by atoms with Crippen LogP contribution in [0.5, 0.6) is 5.75 Å². The van der Waals surface area contributed by atoms with Gasteiger partial charge in [0.2, 0.25) is 0 Å². The summed E-state index contributed by atoms with van der Waals surface area (Å²) >= 11 is 6.12. The maximum absolute atomic E-state index is 12.7. The van der Waals surface area contributed by atoms with E-state index in [9.17, 15) is 4.79 Å². The van der Waals surface area contributed by atoms with Gasteiger partial charge in [0.05, 0.1) is 19.8 Å². The summed E-state index contributed by atoms with van der Waals surface area (Å²) in [6, 6.07) is 23.5. The topological polar surface area (TPSA) is 54.0 Å². The van der Waals surface area contributed by atoms with Gasteiger partial charge < -0.3 is 19.7 Å². The summed E-state index contributed by atoms with van der Waals surface area (Å²) < 4.78 is 11.7. The lowest BCUT2D eigenvalue weighted by molar-refractivity contribution is 0.00588. The first-order valence-electron chi connectivity index (χ1n) is 11.8. The standard InChI is InChI=1S/C28H32ClN3O3/c1-21-6-12-25(13-7-21)30-28(33)32-16-14-31(15-17-32)19-27(23-8-10-24(29)11-9-23)35-20-22-4-3-5-26(18-22)34-2/h3-13,18,27H,14-17,19-20H2,1-2H3,(H,30,33)/t27-/m1/s1. The molecule has 3 aromatic carbocycles. The van der Waals surface area contributed by atoms with Crippen molar-refractivity contribution in [2.24, 2.45) is 0 Å². The molecule has 3 aromatic rings. The molecule has 1 aliphatic heterocycles. The summed E-state index contributed by atoms with van der Waals surface area (Å²) in [6.45, 7) is 6.15. The van der Waals surface area contributed by atoms with E-state index >= 15 is 0 Å². The van der Waals surface area contributed by atoms with Crippen LogP contribution in [0.3, 0.4) is 0 Å². The number of nitrogens with zero attached hydrogens (tertiary/aromatic N) is 2. The summed E-state index contributed by atoms with van der Waals surface area (Å²) in [5.74, 6) is 0.814. The number of carbonyl (C=O) groups excluding carboxylic acids is 1. The summed E-state index contributed by atoms with van der Waals surface area (Å²) in [5, 5.41) is 3.70. The highest BCUT2D eigenvalue weighted by atomic mass is 35.5. The van der Waals surface area contributed by atoms with Crippen LogP contribution in [-0.2, 0) is 11.3 Å². The molecule has 0 radical (unpaired) electrons. The molecule has 0 aromatic heterocycles. The number of aryl methyl sites for hydroxylation is 1. The zero-order valence-electron chi connectivity index (χ0n) is 20.2. The van der Waals surface area contributed by atoms with E-state index in [1.54, 1.807) is 7.11 Å². The third-order valence-electron chi connectivity index (χ3n) is 6.21. The summed E-state index contributed by atoms with van der Waals surface area (Å²) in [5.41, 5.74) is 4.12.